The molecule has 0 saturated carbocycles. The maximum atomic E-state index is 11.6. The molecule has 0 aliphatic carbocycles. The van der Waals surface area contributed by atoms with E-state index in [2.05, 4.69) is 5.32 Å². The van der Waals surface area contributed by atoms with Gasteiger partial charge in [0.2, 0.25) is 0 Å². The number of rotatable bonds is 6. The Labute approximate surface area is 125 Å². The van der Waals surface area contributed by atoms with E-state index in [4.69, 9.17) is 9.15 Å². The topological polar surface area (TPSA) is 68.5 Å². The molecule has 0 unspecified atom stereocenters. The van der Waals surface area contributed by atoms with Crippen molar-refractivity contribution in [3.05, 3.63) is 30.0 Å². The second kappa shape index (κ2) is 5.69. The number of fused-ring (bicyclic) bond motifs is 1. The Bertz CT molecular complexity index is 731. The smallest absolute Gasteiger partial charge is 0.176 e. The highest BCUT2D eigenvalue weighted by atomic mass is 32.2. The van der Waals surface area contributed by atoms with Gasteiger partial charge in [-0.25, -0.2) is 8.42 Å². The van der Waals surface area contributed by atoms with Crippen molar-refractivity contribution in [1.82, 2.24) is 5.32 Å². The fourth-order valence-electron chi connectivity index (χ4n) is 1.96. The standard InChI is InChI=1S/C15H21NO4S/c1-15(2,21(4,17)18)10-16-9-12-8-11-6-5-7-13(19-3)14(11)20-12/h5-8,16H,9-10H2,1-4H3. The number of para-hydroxylation sites is 1. The summed E-state index contributed by atoms with van der Waals surface area (Å²) in [7, 11) is -1.50. The van der Waals surface area contributed by atoms with E-state index in [0.29, 0.717) is 24.4 Å². The van der Waals surface area contributed by atoms with Crippen LogP contribution < -0.4 is 10.1 Å². The Balaban J connectivity index is 2.08. The van der Waals surface area contributed by atoms with Crippen molar-refractivity contribution in [3.63, 3.8) is 0 Å². The summed E-state index contributed by atoms with van der Waals surface area (Å²) in [5.74, 6) is 1.44. The molecule has 0 saturated heterocycles. The van der Waals surface area contributed by atoms with Gasteiger partial charge in [0.05, 0.1) is 18.4 Å². The summed E-state index contributed by atoms with van der Waals surface area (Å²) in [6, 6.07) is 7.63. The maximum Gasteiger partial charge on any atom is 0.176 e. The molecule has 2 aromatic rings. The third-order valence-corrected chi connectivity index (χ3v) is 5.78. The van der Waals surface area contributed by atoms with Gasteiger partial charge in [0.15, 0.2) is 21.2 Å². The predicted octanol–water partition coefficient (Wildman–Crippen LogP) is 2.35. The average molecular weight is 311 g/mol. The van der Waals surface area contributed by atoms with Gasteiger partial charge in [-0.3, -0.25) is 0 Å². The van der Waals surface area contributed by atoms with Crippen LogP contribution in [0.15, 0.2) is 28.7 Å². The number of sulfone groups is 1. The first-order chi connectivity index (χ1) is 9.74. The molecular formula is C15H21NO4S. The molecule has 0 aliphatic rings. The van der Waals surface area contributed by atoms with E-state index in [0.717, 1.165) is 11.1 Å². The lowest BCUT2D eigenvalue weighted by Gasteiger charge is -2.22. The zero-order chi connectivity index (χ0) is 15.7. The Hall–Kier alpha value is -1.53. The van der Waals surface area contributed by atoms with Gasteiger partial charge < -0.3 is 14.5 Å². The molecule has 2 rings (SSSR count). The first-order valence-electron chi connectivity index (χ1n) is 6.70. The van der Waals surface area contributed by atoms with Crippen LogP contribution in [0.2, 0.25) is 0 Å². The minimum Gasteiger partial charge on any atom is -0.493 e. The van der Waals surface area contributed by atoms with Crippen LogP contribution >= 0.6 is 0 Å². The van der Waals surface area contributed by atoms with Gasteiger partial charge in [-0.15, -0.1) is 0 Å². The molecule has 1 aromatic carbocycles. The number of hydrogen-bond donors (Lipinski definition) is 1. The molecule has 0 aliphatic heterocycles. The molecular weight excluding hydrogens is 290 g/mol. The van der Waals surface area contributed by atoms with Crippen molar-refractivity contribution >= 4 is 20.8 Å². The molecule has 116 valence electrons. The lowest BCUT2D eigenvalue weighted by molar-refractivity contribution is 0.405. The number of furan rings is 1. The molecule has 0 spiro atoms. The van der Waals surface area contributed by atoms with E-state index >= 15 is 0 Å². The second-order valence-electron chi connectivity index (χ2n) is 5.73. The molecule has 0 bridgehead atoms. The maximum absolute atomic E-state index is 11.6. The number of ether oxygens (including phenoxy) is 1. The molecule has 5 nitrogen and oxygen atoms in total. The lowest BCUT2D eigenvalue weighted by atomic mass is 10.2. The van der Waals surface area contributed by atoms with Gasteiger partial charge in [0.25, 0.3) is 0 Å². The van der Waals surface area contributed by atoms with Crippen molar-refractivity contribution < 1.29 is 17.6 Å². The third-order valence-electron chi connectivity index (χ3n) is 3.63. The molecule has 0 radical (unpaired) electrons. The second-order valence-corrected chi connectivity index (χ2v) is 8.38. The SMILES string of the molecule is COc1cccc2cc(CNCC(C)(C)S(C)(=O)=O)oc12. The largest absolute Gasteiger partial charge is 0.493 e. The summed E-state index contributed by atoms with van der Waals surface area (Å²) in [5, 5.41) is 4.10. The Morgan fingerprint density at radius 2 is 2.05 bits per heavy atom. The van der Waals surface area contributed by atoms with E-state index in [1.807, 2.05) is 24.3 Å². The Kier molecular flexibility index (Phi) is 4.30. The first kappa shape index (κ1) is 15.9. The van der Waals surface area contributed by atoms with Gasteiger partial charge in [0, 0.05) is 18.2 Å². The summed E-state index contributed by atoms with van der Waals surface area (Å²) in [6.07, 6.45) is 1.25. The number of hydrogen-bond acceptors (Lipinski definition) is 5. The van der Waals surface area contributed by atoms with Gasteiger partial charge >= 0.3 is 0 Å². The van der Waals surface area contributed by atoms with Crippen LogP contribution in [-0.4, -0.2) is 33.1 Å². The lowest BCUT2D eigenvalue weighted by Crippen LogP contribution is -2.41. The zero-order valence-electron chi connectivity index (χ0n) is 12.8. The quantitative estimate of drug-likeness (QED) is 0.887. The fourth-order valence-corrected chi connectivity index (χ4v) is 2.32. The predicted molar refractivity (Wildman–Crippen MR) is 83.4 cm³/mol. The summed E-state index contributed by atoms with van der Waals surface area (Å²) >= 11 is 0. The fraction of sp³-hybridized carbons (Fsp3) is 0.467. The van der Waals surface area contributed by atoms with Gasteiger partial charge in [-0.1, -0.05) is 12.1 Å². The van der Waals surface area contributed by atoms with Crippen LogP contribution in [0.4, 0.5) is 0 Å². The van der Waals surface area contributed by atoms with E-state index in [1.165, 1.54) is 6.26 Å². The minimum absolute atomic E-state index is 0.361. The van der Waals surface area contributed by atoms with Crippen molar-refractivity contribution in [2.75, 3.05) is 19.9 Å². The molecule has 1 N–H and O–H groups in total. The highest BCUT2D eigenvalue weighted by Gasteiger charge is 2.29. The molecule has 21 heavy (non-hydrogen) atoms. The van der Waals surface area contributed by atoms with E-state index < -0.39 is 14.6 Å². The summed E-state index contributed by atoms with van der Waals surface area (Å²) in [4.78, 5) is 0. The summed E-state index contributed by atoms with van der Waals surface area (Å²) < 4.78 is 33.5. The zero-order valence-corrected chi connectivity index (χ0v) is 13.6. The highest BCUT2D eigenvalue weighted by molar-refractivity contribution is 7.92. The Morgan fingerprint density at radius 3 is 2.67 bits per heavy atom. The van der Waals surface area contributed by atoms with E-state index in [9.17, 15) is 8.42 Å². The van der Waals surface area contributed by atoms with E-state index in [1.54, 1.807) is 21.0 Å². The van der Waals surface area contributed by atoms with E-state index in [-0.39, 0.29) is 0 Å². The molecule has 0 atom stereocenters. The Morgan fingerprint density at radius 1 is 1.33 bits per heavy atom. The van der Waals surface area contributed by atoms with Crippen LogP contribution in [0.1, 0.15) is 19.6 Å². The van der Waals surface area contributed by atoms with Gasteiger partial charge in [-0.2, -0.15) is 0 Å². The number of nitrogens with one attached hydrogen (secondary N) is 1. The monoisotopic (exact) mass is 311 g/mol. The van der Waals surface area contributed by atoms with Crippen LogP contribution in [0.3, 0.4) is 0 Å². The van der Waals surface area contributed by atoms with Crippen LogP contribution in [0.5, 0.6) is 5.75 Å². The molecule has 0 amide bonds. The highest BCUT2D eigenvalue weighted by Crippen LogP contribution is 2.28. The van der Waals surface area contributed by atoms with Crippen LogP contribution in [0, 0.1) is 0 Å². The molecule has 1 aromatic heterocycles. The van der Waals surface area contributed by atoms with Crippen molar-refractivity contribution in [1.29, 1.82) is 0 Å². The molecule has 1 heterocycles. The normalized spacial score (nSPS) is 12.8. The first-order valence-corrected chi connectivity index (χ1v) is 8.59. The van der Waals surface area contributed by atoms with Gasteiger partial charge in [-0.05, 0) is 26.0 Å². The van der Waals surface area contributed by atoms with Crippen molar-refractivity contribution in [2.24, 2.45) is 0 Å². The molecule has 0 fully saturated rings. The number of benzene rings is 1. The van der Waals surface area contributed by atoms with Gasteiger partial charge in [0.1, 0.15) is 5.76 Å². The van der Waals surface area contributed by atoms with Crippen molar-refractivity contribution in [3.8, 4) is 5.75 Å². The van der Waals surface area contributed by atoms with Crippen LogP contribution in [0.25, 0.3) is 11.0 Å². The summed E-state index contributed by atoms with van der Waals surface area (Å²) in [5.41, 5.74) is 0.708. The third kappa shape index (κ3) is 3.39. The van der Waals surface area contributed by atoms with Crippen LogP contribution in [-0.2, 0) is 16.4 Å². The minimum atomic E-state index is -3.11. The average Bonchev–Trinajstić information content (AvgIpc) is 2.79. The molecule has 6 heteroatoms. The summed E-state index contributed by atoms with van der Waals surface area (Å²) in [6.45, 7) is 4.24. The van der Waals surface area contributed by atoms with Crippen molar-refractivity contribution in [2.45, 2.75) is 25.1 Å². The number of methoxy groups -OCH3 is 1.